The number of benzene rings is 1. The zero-order valence-corrected chi connectivity index (χ0v) is 13.6. The summed E-state index contributed by atoms with van der Waals surface area (Å²) in [5.41, 5.74) is 7.05. The van der Waals surface area contributed by atoms with Crippen molar-refractivity contribution in [2.45, 2.75) is 11.3 Å². The Bertz CT molecular complexity index is 546. The number of hydrogen-bond donors (Lipinski definition) is 1. The van der Waals surface area contributed by atoms with Crippen LogP contribution < -0.4 is 10.6 Å². The Morgan fingerprint density at radius 3 is 2.38 bits per heavy atom. The smallest absolute Gasteiger partial charge is 0.177 e. The van der Waals surface area contributed by atoms with Crippen LogP contribution in [0.3, 0.4) is 0 Å². The van der Waals surface area contributed by atoms with Crippen LogP contribution in [0.5, 0.6) is 0 Å². The number of nitrogens with two attached hydrogens (primary N) is 1. The van der Waals surface area contributed by atoms with Gasteiger partial charge in [-0.3, -0.25) is 0 Å². The summed E-state index contributed by atoms with van der Waals surface area (Å²) in [6.45, 7) is 2.52. The van der Waals surface area contributed by atoms with E-state index >= 15 is 0 Å². The van der Waals surface area contributed by atoms with Crippen LogP contribution in [0.15, 0.2) is 23.1 Å². The molecular formula is C14H24N2O4S. The van der Waals surface area contributed by atoms with Gasteiger partial charge in [-0.05, 0) is 18.6 Å². The topological polar surface area (TPSA) is 81.9 Å². The fraction of sp³-hybridized carbons (Fsp3) is 0.571. The molecule has 6 nitrogen and oxygen atoms in total. The van der Waals surface area contributed by atoms with Crippen LogP contribution in [0.25, 0.3) is 0 Å². The molecule has 21 heavy (non-hydrogen) atoms. The number of anilines is 2. The second-order valence-corrected chi connectivity index (χ2v) is 6.77. The normalized spacial score (nSPS) is 11.6. The Kier molecular flexibility index (Phi) is 6.94. The zero-order chi connectivity index (χ0) is 15.9. The van der Waals surface area contributed by atoms with Crippen LogP contribution in [0.2, 0.25) is 0 Å². The van der Waals surface area contributed by atoms with Crippen molar-refractivity contribution < 1.29 is 17.9 Å². The van der Waals surface area contributed by atoms with Gasteiger partial charge < -0.3 is 20.1 Å². The van der Waals surface area contributed by atoms with E-state index in [1.54, 1.807) is 20.3 Å². The summed E-state index contributed by atoms with van der Waals surface area (Å²) in [6, 6.07) is 5.06. The molecule has 0 heterocycles. The monoisotopic (exact) mass is 316 g/mol. The van der Waals surface area contributed by atoms with Gasteiger partial charge in [-0.25, -0.2) is 8.42 Å². The standard InChI is InChI=1S/C14H24N2O4S/c1-19-10-5-8-16(9-11-20-2)12-6-4-7-13(14(12)15)21(3,17)18/h4,6-7H,5,8-11,15H2,1-3H3. The molecule has 1 aromatic rings. The average molecular weight is 316 g/mol. The van der Waals surface area contributed by atoms with Crippen LogP contribution in [0.1, 0.15) is 6.42 Å². The molecule has 0 aromatic heterocycles. The summed E-state index contributed by atoms with van der Waals surface area (Å²) >= 11 is 0. The van der Waals surface area contributed by atoms with Crippen molar-refractivity contribution in [3.8, 4) is 0 Å². The number of sulfone groups is 1. The van der Waals surface area contributed by atoms with Crippen molar-refractivity contribution in [3.05, 3.63) is 18.2 Å². The summed E-state index contributed by atoms with van der Waals surface area (Å²) in [5, 5.41) is 0. The molecule has 0 unspecified atom stereocenters. The first-order valence-corrected chi connectivity index (χ1v) is 8.62. The highest BCUT2D eigenvalue weighted by molar-refractivity contribution is 7.90. The molecule has 0 bridgehead atoms. The highest BCUT2D eigenvalue weighted by Crippen LogP contribution is 2.29. The van der Waals surface area contributed by atoms with Gasteiger partial charge in [-0.1, -0.05) is 6.07 Å². The van der Waals surface area contributed by atoms with Crippen LogP contribution >= 0.6 is 0 Å². The van der Waals surface area contributed by atoms with Crippen LogP contribution in [0.4, 0.5) is 11.4 Å². The molecule has 7 heteroatoms. The molecule has 0 spiro atoms. The molecule has 0 fully saturated rings. The molecule has 0 saturated carbocycles. The lowest BCUT2D eigenvalue weighted by Crippen LogP contribution is -2.30. The minimum atomic E-state index is -3.34. The van der Waals surface area contributed by atoms with E-state index in [1.807, 2.05) is 11.0 Å². The molecule has 1 aromatic carbocycles. The number of nitrogens with zero attached hydrogens (tertiary/aromatic N) is 1. The van der Waals surface area contributed by atoms with E-state index in [2.05, 4.69) is 0 Å². The highest BCUT2D eigenvalue weighted by atomic mass is 32.2. The maximum absolute atomic E-state index is 11.8. The number of ether oxygens (including phenoxy) is 2. The minimum Gasteiger partial charge on any atom is -0.396 e. The predicted octanol–water partition coefficient (Wildman–Crippen LogP) is 1.16. The summed E-state index contributed by atoms with van der Waals surface area (Å²) in [4.78, 5) is 2.18. The first-order valence-electron chi connectivity index (χ1n) is 6.73. The number of para-hydroxylation sites is 1. The summed E-state index contributed by atoms with van der Waals surface area (Å²) < 4.78 is 33.7. The van der Waals surface area contributed by atoms with E-state index in [0.29, 0.717) is 32.0 Å². The maximum Gasteiger partial charge on any atom is 0.177 e. The van der Waals surface area contributed by atoms with Gasteiger partial charge in [-0.2, -0.15) is 0 Å². The second kappa shape index (κ2) is 8.21. The fourth-order valence-corrected chi connectivity index (χ4v) is 2.92. The van der Waals surface area contributed by atoms with Gasteiger partial charge in [0.25, 0.3) is 0 Å². The minimum absolute atomic E-state index is 0.161. The lowest BCUT2D eigenvalue weighted by Gasteiger charge is -2.26. The molecular weight excluding hydrogens is 292 g/mol. The van der Waals surface area contributed by atoms with Gasteiger partial charge in [0.1, 0.15) is 0 Å². The van der Waals surface area contributed by atoms with Crippen LogP contribution in [-0.4, -0.2) is 55.2 Å². The third kappa shape index (κ3) is 5.18. The van der Waals surface area contributed by atoms with Crippen LogP contribution in [-0.2, 0) is 19.3 Å². The fourth-order valence-electron chi connectivity index (χ4n) is 2.09. The SMILES string of the molecule is COCCCN(CCOC)c1cccc(S(C)(=O)=O)c1N. The van der Waals surface area contributed by atoms with Crippen molar-refractivity contribution in [1.82, 2.24) is 0 Å². The Morgan fingerprint density at radius 1 is 1.14 bits per heavy atom. The largest absolute Gasteiger partial charge is 0.396 e. The third-order valence-electron chi connectivity index (χ3n) is 3.13. The number of rotatable bonds is 9. The number of methoxy groups -OCH3 is 2. The third-order valence-corrected chi connectivity index (χ3v) is 4.28. The first-order chi connectivity index (χ1) is 9.91. The van der Waals surface area contributed by atoms with Gasteiger partial charge in [0, 0.05) is 40.2 Å². The van der Waals surface area contributed by atoms with E-state index in [-0.39, 0.29) is 10.6 Å². The lowest BCUT2D eigenvalue weighted by molar-refractivity contribution is 0.191. The Hall–Kier alpha value is -1.31. The van der Waals surface area contributed by atoms with E-state index in [9.17, 15) is 8.42 Å². The van der Waals surface area contributed by atoms with Crippen molar-refractivity contribution in [2.75, 3.05) is 57.4 Å². The van der Waals surface area contributed by atoms with Gasteiger partial charge >= 0.3 is 0 Å². The molecule has 120 valence electrons. The lowest BCUT2D eigenvalue weighted by atomic mass is 10.2. The van der Waals surface area contributed by atoms with Crippen molar-refractivity contribution in [2.24, 2.45) is 0 Å². The van der Waals surface area contributed by atoms with Crippen molar-refractivity contribution in [3.63, 3.8) is 0 Å². The summed E-state index contributed by atoms with van der Waals surface area (Å²) in [7, 11) is -0.0633. The quantitative estimate of drug-likeness (QED) is 0.544. The van der Waals surface area contributed by atoms with Gasteiger partial charge in [0.05, 0.1) is 22.9 Å². The molecule has 2 N–H and O–H groups in total. The zero-order valence-electron chi connectivity index (χ0n) is 12.8. The van der Waals surface area contributed by atoms with E-state index in [0.717, 1.165) is 12.7 Å². The average Bonchev–Trinajstić information content (AvgIpc) is 2.42. The molecule has 0 saturated heterocycles. The van der Waals surface area contributed by atoms with Gasteiger partial charge in [0.2, 0.25) is 0 Å². The van der Waals surface area contributed by atoms with Gasteiger partial charge in [-0.15, -0.1) is 0 Å². The molecule has 1 rings (SSSR count). The molecule has 0 aliphatic carbocycles. The number of hydrogen-bond acceptors (Lipinski definition) is 6. The van der Waals surface area contributed by atoms with E-state index in [4.69, 9.17) is 15.2 Å². The highest BCUT2D eigenvalue weighted by Gasteiger charge is 2.17. The predicted molar refractivity (Wildman–Crippen MR) is 84.5 cm³/mol. The van der Waals surface area contributed by atoms with E-state index in [1.165, 1.54) is 6.07 Å². The molecule has 0 aliphatic rings. The Labute approximate surface area is 126 Å². The van der Waals surface area contributed by atoms with E-state index < -0.39 is 9.84 Å². The molecule has 0 amide bonds. The first kappa shape index (κ1) is 17.7. The second-order valence-electron chi connectivity index (χ2n) is 4.79. The molecule has 0 atom stereocenters. The maximum atomic E-state index is 11.8. The summed E-state index contributed by atoms with van der Waals surface area (Å²) in [6.07, 6.45) is 1.98. The molecule has 0 radical (unpaired) electrons. The van der Waals surface area contributed by atoms with Crippen molar-refractivity contribution >= 4 is 21.2 Å². The van der Waals surface area contributed by atoms with Gasteiger partial charge in [0.15, 0.2) is 9.84 Å². The summed E-state index contributed by atoms with van der Waals surface area (Å²) in [5.74, 6) is 0. The van der Waals surface area contributed by atoms with Crippen molar-refractivity contribution in [1.29, 1.82) is 0 Å². The Morgan fingerprint density at radius 2 is 1.81 bits per heavy atom. The number of nitrogen functional groups attached to an aromatic ring is 1. The Balaban J connectivity index is 3.06. The van der Waals surface area contributed by atoms with Crippen LogP contribution in [0, 0.1) is 0 Å². The molecule has 0 aliphatic heterocycles.